The number of nitrogens with zero attached hydrogens (tertiary/aromatic N) is 1. The van der Waals surface area contributed by atoms with Gasteiger partial charge in [0.05, 0.1) is 22.9 Å². The van der Waals surface area contributed by atoms with E-state index in [1.807, 2.05) is 4.90 Å². The molecule has 0 aliphatic carbocycles. The normalized spacial score (nSPS) is 14.0. The summed E-state index contributed by atoms with van der Waals surface area (Å²) in [5, 5.41) is 2.84. The molecule has 1 aliphatic rings. The minimum atomic E-state index is -0.462. The molecule has 1 aliphatic heterocycles. The zero-order chi connectivity index (χ0) is 21.8. The van der Waals surface area contributed by atoms with Gasteiger partial charge in [0, 0.05) is 18.8 Å². The van der Waals surface area contributed by atoms with E-state index in [9.17, 15) is 14.4 Å². The van der Waals surface area contributed by atoms with E-state index in [4.69, 9.17) is 4.74 Å². The molecule has 2 amide bonds. The SMILES string of the molecule is Cc1[nH]c(C(=O)Nc2ccccc2C(=O)N2CCCCC2)c(C)c1C(=O)OC(C)C. The number of aromatic nitrogens is 1. The van der Waals surface area contributed by atoms with E-state index in [2.05, 4.69) is 10.3 Å². The van der Waals surface area contributed by atoms with Crippen molar-refractivity contribution in [2.24, 2.45) is 0 Å². The van der Waals surface area contributed by atoms with Gasteiger partial charge in [-0.05, 0) is 64.7 Å². The molecule has 1 fully saturated rings. The van der Waals surface area contributed by atoms with Crippen molar-refractivity contribution in [1.29, 1.82) is 0 Å². The van der Waals surface area contributed by atoms with Gasteiger partial charge in [-0.2, -0.15) is 0 Å². The van der Waals surface area contributed by atoms with Gasteiger partial charge in [0.25, 0.3) is 11.8 Å². The molecule has 1 aromatic heterocycles. The predicted octanol–water partition coefficient (Wildman–Crippen LogP) is 4.08. The highest BCUT2D eigenvalue weighted by molar-refractivity contribution is 6.10. The summed E-state index contributed by atoms with van der Waals surface area (Å²) < 4.78 is 5.29. The highest BCUT2D eigenvalue weighted by atomic mass is 16.5. The van der Waals surface area contributed by atoms with Gasteiger partial charge < -0.3 is 19.9 Å². The van der Waals surface area contributed by atoms with E-state index in [1.54, 1.807) is 52.0 Å². The Hall–Kier alpha value is -3.09. The number of carbonyl (C=O) groups is 3. The zero-order valence-electron chi connectivity index (χ0n) is 18.0. The topological polar surface area (TPSA) is 91.5 Å². The van der Waals surface area contributed by atoms with Crippen LogP contribution in [0, 0.1) is 13.8 Å². The van der Waals surface area contributed by atoms with Crippen LogP contribution < -0.4 is 5.32 Å². The number of hydrogen-bond acceptors (Lipinski definition) is 4. The number of amides is 2. The van der Waals surface area contributed by atoms with Gasteiger partial charge in [-0.15, -0.1) is 0 Å². The number of H-pyrrole nitrogens is 1. The van der Waals surface area contributed by atoms with Gasteiger partial charge in [-0.3, -0.25) is 9.59 Å². The minimum Gasteiger partial charge on any atom is -0.459 e. The van der Waals surface area contributed by atoms with Crippen LogP contribution in [0.25, 0.3) is 0 Å². The molecule has 160 valence electrons. The number of ether oxygens (including phenoxy) is 1. The standard InChI is InChI=1S/C23H29N3O4/c1-14(2)30-23(29)19-15(3)20(24-16(19)4)21(27)25-18-11-7-6-10-17(18)22(28)26-12-8-5-9-13-26/h6-7,10-11,14,24H,5,8-9,12-13H2,1-4H3,(H,25,27). The third-order valence-electron chi connectivity index (χ3n) is 5.26. The monoisotopic (exact) mass is 411 g/mol. The highest BCUT2D eigenvalue weighted by Gasteiger charge is 2.25. The molecule has 0 atom stereocenters. The first kappa shape index (κ1) is 21.6. The molecule has 2 heterocycles. The first-order valence-corrected chi connectivity index (χ1v) is 10.4. The summed E-state index contributed by atoms with van der Waals surface area (Å²) in [6.07, 6.45) is 2.87. The van der Waals surface area contributed by atoms with Crippen LogP contribution in [0.5, 0.6) is 0 Å². The molecule has 0 spiro atoms. The van der Waals surface area contributed by atoms with E-state index in [1.165, 1.54) is 0 Å². The molecule has 7 heteroatoms. The Morgan fingerprint density at radius 3 is 2.40 bits per heavy atom. The third kappa shape index (κ3) is 4.56. The van der Waals surface area contributed by atoms with Gasteiger partial charge in [0.1, 0.15) is 5.69 Å². The first-order chi connectivity index (χ1) is 14.3. The number of carbonyl (C=O) groups excluding carboxylic acids is 3. The van der Waals surface area contributed by atoms with Crippen molar-refractivity contribution in [2.45, 2.75) is 53.1 Å². The van der Waals surface area contributed by atoms with Gasteiger partial charge in [0.15, 0.2) is 0 Å². The summed E-state index contributed by atoms with van der Waals surface area (Å²) >= 11 is 0. The number of benzene rings is 1. The maximum Gasteiger partial charge on any atom is 0.340 e. The van der Waals surface area contributed by atoms with Crippen molar-refractivity contribution in [2.75, 3.05) is 18.4 Å². The zero-order valence-corrected chi connectivity index (χ0v) is 18.0. The lowest BCUT2D eigenvalue weighted by atomic mass is 10.1. The minimum absolute atomic E-state index is 0.0776. The fourth-order valence-electron chi connectivity index (χ4n) is 3.79. The number of hydrogen-bond donors (Lipinski definition) is 2. The van der Waals surface area contributed by atoms with E-state index in [0.717, 1.165) is 32.4 Å². The predicted molar refractivity (Wildman–Crippen MR) is 115 cm³/mol. The van der Waals surface area contributed by atoms with Crippen LogP contribution in [-0.4, -0.2) is 46.9 Å². The van der Waals surface area contributed by atoms with Crippen LogP contribution in [0.2, 0.25) is 0 Å². The second-order valence-electron chi connectivity index (χ2n) is 7.93. The molecule has 3 rings (SSSR count). The smallest absolute Gasteiger partial charge is 0.340 e. The number of piperidine rings is 1. The second-order valence-corrected chi connectivity index (χ2v) is 7.93. The first-order valence-electron chi connectivity index (χ1n) is 10.4. The maximum atomic E-state index is 13.0. The van der Waals surface area contributed by atoms with E-state index in [0.29, 0.717) is 28.1 Å². The Morgan fingerprint density at radius 1 is 1.07 bits per heavy atom. The van der Waals surface area contributed by atoms with Crippen LogP contribution in [0.1, 0.15) is 75.6 Å². The third-order valence-corrected chi connectivity index (χ3v) is 5.26. The Balaban J connectivity index is 1.84. The molecule has 0 radical (unpaired) electrons. The van der Waals surface area contributed by atoms with Crippen molar-refractivity contribution in [3.63, 3.8) is 0 Å². The number of aromatic amines is 1. The number of aryl methyl sites for hydroxylation is 1. The molecule has 7 nitrogen and oxygen atoms in total. The molecule has 1 aromatic carbocycles. The lowest BCUT2D eigenvalue weighted by molar-refractivity contribution is 0.0376. The Bertz CT molecular complexity index is 955. The molecule has 1 saturated heterocycles. The molecule has 0 unspecified atom stereocenters. The fourth-order valence-corrected chi connectivity index (χ4v) is 3.79. The van der Waals surface area contributed by atoms with Crippen LogP contribution in [0.15, 0.2) is 24.3 Å². The van der Waals surface area contributed by atoms with Crippen molar-refractivity contribution in [3.05, 3.63) is 52.3 Å². The van der Waals surface area contributed by atoms with E-state index < -0.39 is 11.9 Å². The summed E-state index contributed by atoms with van der Waals surface area (Å²) in [4.78, 5) is 43.1. The molecular formula is C23H29N3O4. The van der Waals surface area contributed by atoms with Crippen molar-refractivity contribution >= 4 is 23.5 Å². The lowest BCUT2D eigenvalue weighted by Gasteiger charge is -2.27. The van der Waals surface area contributed by atoms with Gasteiger partial charge in [0.2, 0.25) is 0 Å². The summed E-state index contributed by atoms with van der Waals surface area (Å²) in [5.41, 5.74) is 2.66. The summed E-state index contributed by atoms with van der Waals surface area (Å²) in [6.45, 7) is 8.46. The van der Waals surface area contributed by atoms with Crippen LogP contribution in [-0.2, 0) is 4.74 Å². The van der Waals surface area contributed by atoms with Gasteiger partial charge >= 0.3 is 5.97 Å². The fraction of sp³-hybridized carbons (Fsp3) is 0.435. The molecule has 30 heavy (non-hydrogen) atoms. The van der Waals surface area contributed by atoms with E-state index in [-0.39, 0.29) is 17.7 Å². The number of esters is 1. The Morgan fingerprint density at radius 2 is 1.73 bits per heavy atom. The summed E-state index contributed by atoms with van der Waals surface area (Å²) in [6, 6.07) is 7.01. The van der Waals surface area contributed by atoms with Crippen LogP contribution >= 0.6 is 0 Å². The number of likely N-dealkylation sites (tertiary alicyclic amines) is 1. The average Bonchev–Trinajstić information content (AvgIpc) is 3.02. The van der Waals surface area contributed by atoms with Crippen molar-refractivity contribution < 1.29 is 19.1 Å². The van der Waals surface area contributed by atoms with Crippen LogP contribution in [0.4, 0.5) is 5.69 Å². The molecule has 0 bridgehead atoms. The molecular weight excluding hydrogens is 382 g/mol. The summed E-state index contributed by atoms with van der Waals surface area (Å²) in [7, 11) is 0. The Kier molecular flexibility index (Phi) is 6.59. The number of nitrogens with one attached hydrogen (secondary N) is 2. The van der Waals surface area contributed by atoms with Crippen molar-refractivity contribution in [3.8, 4) is 0 Å². The number of anilines is 1. The molecule has 2 aromatic rings. The number of para-hydroxylation sites is 1. The average molecular weight is 412 g/mol. The van der Waals surface area contributed by atoms with E-state index >= 15 is 0 Å². The van der Waals surface area contributed by atoms with Gasteiger partial charge in [-0.25, -0.2) is 4.79 Å². The molecule has 2 N–H and O–H groups in total. The highest BCUT2D eigenvalue weighted by Crippen LogP contribution is 2.23. The lowest BCUT2D eigenvalue weighted by Crippen LogP contribution is -2.36. The molecule has 0 saturated carbocycles. The van der Waals surface area contributed by atoms with Crippen molar-refractivity contribution in [1.82, 2.24) is 9.88 Å². The van der Waals surface area contributed by atoms with Crippen LogP contribution in [0.3, 0.4) is 0 Å². The Labute approximate surface area is 176 Å². The van der Waals surface area contributed by atoms with Gasteiger partial charge in [-0.1, -0.05) is 12.1 Å². The number of rotatable bonds is 5. The quantitative estimate of drug-likeness (QED) is 0.726. The second kappa shape index (κ2) is 9.15. The maximum absolute atomic E-state index is 13.0. The largest absolute Gasteiger partial charge is 0.459 e. The summed E-state index contributed by atoms with van der Waals surface area (Å²) in [5.74, 6) is -0.944.